The molecule has 94 valence electrons. The highest BCUT2D eigenvalue weighted by atomic mass is 16.2. The van der Waals surface area contributed by atoms with Crippen molar-refractivity contribution < 1.29 is 9.59 Å². The molecule has 0 fully saturated rings. The van der Waals surface area contributed by atoms with Crippen molar-refractivity contribution in [3.8, 4) is 6.07 Å². The van der Waals surface area contributed by atoms with Gasteiger partial charge in [0.25, 0.3) is 5.91 Å². The van der Waals surface area contributed by atoms with Crippen LogP contribution in [0, 0.1) is 16.7 Å². The molecule has 0 bridgehead atoms. The third-order valence-corrected chi connectivity index (χ3v) is 2.52. The Hall–Kier alpha value is -2.15. The maximum atomic E-state index is 11.7. The van der Waals surface area contributed by atoms with Crippen molar-refractivity contribution in [3.63, 3.8) is 0 Å². The monoisotopic (exact) mass is 244 g/mol. The van der Waals surface area contributed by atoms with E-state index < -0.39 is 5.41 Å². The van der Waals surface area contributed by atoms with Gasteiger partial charge in [-0.25, -0.2) is 0 Å². The zero-order chi connectivity index (χ0) is 13.8. The molecular weight excluding hydrogens is 228 g/mol. The van der Waals surface area contributed by atoms with Crippen molar-refractivity contribution >= 4 is 11.7 Å². The number of hydrogen-bond acceptors (Lipinski definition) is 3. The third-order valence-electron chi connectivity index (χ3n) is 2.52. The van der Waals surface area contributed by atoms with Crippen molar-refractivity contribution in [1.82, 2.24) is 5.32 Å². The minimum absolute atomic E-state index is 0.0162. The first-order valence-electron chi connectivity index (χ1n) is 5.66. The van der Waals surface area contributed by atoms with Crippen molar-refractivity contribution in [2.75, 3.05) is 6.54 Å². The molecule has 1 aromatic rings. The quantitative estimate of drug-likeness (QED) is 0.882. The molecule has 0 aliphatic rings. The Morgan fingerprint density at radius 2 is 1.78 bits per heavy atom. The lowest BCUT2D eigenvalue weighted by Gasteiger charge is -2.16. The van der Waals surface area contributed by atoms with Gasteiger partial charge in [0, 0.05) is 11.0 Å². The smallest absolute Gasteiger partial charge is 0.251 e. The summed E-state index contributed by atoms with van der Waals surface area (Å²) in [4.78, 5) is 23.4. The fourth-order valence-electron chi connectivity index (χ4n) is 1.22. The molecule has 0 unspecified atom stereocenters. The van der Waals surface area contributed by atoms with E-state index in [1.165, 1.54) is 0 Å². The molecule has 0 heterocycles. The van der Waals surface area contributed by atoms with Gasteiger partial charge in [-0.15, -0.1) is 0 Å². The largest absolute Gasteiger partial charge is 0.345 e. The van der Waals surface area contributed by atoms with Crippen LogP contribution in [-0.2, 0) is 4.79 Å². The van der Waals surface area contributed by atoms with Gasteiger partial charge in [-0.1, -0.05) is 20.8 Å². The van der Waals surface area contributed by atoms with Gasteiger partial charge < -0.3 is 5.32 Å². The molecule has 1 amide bonds. The number of carbonyl (C=O) groups excluding carboxylic acids is 2. The lowest BCUT2D eigenvalue weighted by atomic mass is 9.91. The molecule has 1 aromatic carbocycles. The molecule has 0 aliphatic carbocycles. The van der Waals surface area contributed by atoms with E-state index in [1.54, 1.807) is 24.3 Å². The van der Waals surface area contributed by atoms with E-state index in [4.69, 9.17) is 5.26 Å². The van der Waals surface area contributed by atoms with Gasteiger partial charge in [0.05, 0.1) is 18.2 Å². The molecule has 0 aromatic heterocycles. The van der Waals surface area contributed by atoms with Gasteiger partial charge in [-0.2, -0.15) is 5.26 Å². The maximum Gasteiger partial charge on any atom is 0.251 e. The molecule has 0 spiro atoms. The first-order chi connectivity index (χ1) is 8.34. The van der Waals surface area contributed by atoms with Crippen LogP contribution in [-0.4, -0.2) is 18.2 Å². The van der Waals surface area contributed by atoms with Crippen LogP contribution in [0.3, 0.4) is 0 Å². The highest BCUT2D eigenvalue weighted by Crippen LogP contribution is 2.13. The number of hydrogen-bond donors (Lipinski definition) is 1. The molecule has 0 saturated heterocycles. The van der Waals surface area contributed by atoms with Crippen LogP contribution < -0.4 is 5.32 Å². The van der Waals surface area contributed by atoms with E-state index in [0.717, 1.165) is 0 Å². The van der Waals surface area contributed by atoms with Crippen LogP contribution in [0.25, 0.3) is 0 Å². The molecule has 18 heavy (non-hydrogen) atoms. The van der Waals surface area contributed by atoms with Gasteiger partial charge >= 0.3 is 0 Å². The van der Waals surface area contributed by atoms with Crippen molar-refractivity contribution in [2.45, 2.75) is 20.8 Å². The first kappa shape index (κ1) is 13.9. The number of ketones is 1. The Morgan fingerprint density at radius 1 is 1.22 bits per heavy atom. The van der Waals surface area contributed by atoms with Crippen LogP contribution in [0.5, 0.6) is 0 Å². The summed E-state index contributed by atoms with van der Waals surface area (Å²) in [5.74, 6) is -0.332. The number of benzene rings is 1. The molecule has 0 radical (unpaired) electrons. The molecule has 0 atom stereocenters. The first-order valence-corrected chi connectivity index (χ1v) is 5.66. The van der Waals surface area contributed by atoms with Gasteiger partial charge in [0.1, 0.15) is 0 Å². The predicted octanol–water partition coefficient (Wildman–Crippen LogP) is 1.90. The molecular formula is C14H16N2O2. The van der Waals surface area contributed by atoms with Crippen molar-refractivity contribution in [1.29, 1.82) is 5.26 Å². The zero-order valence-corrected chi connectivity index (χ0v) is 10.8. The molecule has 1 rings (SSSR count). The van der Waals surface area contributed by atoms with Crippen LogP contribution >= 0.6 is 0 Å². The maximum absolute atomic E-state index is 11.7. The summed E-state index contributed by atoms with van der Waals surface area (Å²) < 4.78 is 0. The van der Waals surface area contributed by atoms with Gasteiger partial charge in [0.2, 0.25) is 0 Å². The molecule has 0 saturated carbocycles. The summed E-state index contributed by atoms with van der Waals surface area (Å²) in [5, 5.41) is 11.2. The lowest BCUT2D eigenvalue weighted by Crippen LogP contribution is -2.35. The Labute approximate surface area is 107 Å². The van der Waals surface area contributed by atoms with Gasteiger partial charge in [-0.3, -0.25) is 9.59 Å². The number of amides is 1. The Kier molecular flexibility index (Phi) is 4.22. The van der Waals surface area contributed by atoms with Crippen molar-refractivity contribution in [3.05, 3.63) is 35.4 Å². The average molecular weight is 244 g/mol. The second-order valence-corrected chi connectivity index (χ2v) is 5.05. The minimum Gasteiger partial charge on any atom is -0.345 e. The normalized spacial score (nSPS) is 10.6. The number of Topliss-reactive ketones (excluding diaryl/α,β-unsaturated/α-hetero) is 1. The number of nitrogens with one attached hydrogen (secondary N) is 1. The lowest BCUT2D eigenvalue weighted by molar-refractivity contribution is -0.125. The summed E-state index contributed by atoms with van der Waals surface area (Å²) in [6, 6.07) is 8.25. The topological polar surface area (TPSA) is 70.0 Å². The summed E-state index contributed by atoms with van der Waals surface area (Å²) in [6.07, 6.45) is 0. The second-order valence-electron chi connectivity index (χ2n) is 5.05. The Bertz CT molecular complexity index is 490. The average Bonchev–Trinajstić information content (AvgIpc) is 2.34. The highest BCUT2D eigenvalue weighted by Gasteiger charge is 2.21. The summed E-state index contributed by atoms with van der Waals surface area (Å²) in [7, 11) is 0. The van der Waals surface area contributed by atoms with E-state index in [0.29, 0.717) is 11.1 Å². The van der Waals surface area contributed by atoms with E-state index in [1.807, 2.05) is 26.8 Å². The van der Waals surface area contributed by atoms with Crippen LogP contribution in [0.15, 0.2) is 24.3 Å². The Morgan fingerprint density at radius 3 is 2.22 bits per heavy atom. The van der Waals surface area contributed by atoms with E-state index in [9.17, 15) is 9.59 Å². The van der Waals surface area contributed by atoms with E-state index >= 15 is 0 Å². The second kappa shape index (κ2) is 5.46. The number of nitriles is 1. The summed E-state index contributed by atoms with van der Waals surface area (Å²) >= 11 is 0. The Balaban J connectivity index is 2.61. The zero-order valence-electron chi connectivity index (χ0n) is 10.8. The molecule has 4 heteroatoms. The van der Waals surface area contributed by atoms with Crippen LogP contribution in [0.4, 0.5) is 0 Å². The van der Waals surface area contributed by atoms with Crippen molar-refractivity contribution in [2.24, 2.45) is 5.41 Å². The van der Waals surface area contributed by atoms with Gasteiger partial charge in [-0.05, 0) is 24.3 Å². The summed E-state index contributed by atoms with van der Waals surface area (Å²) in [5.41, 5.74) is 0.478. The van der Waals surface area contributed by atoms with Crippen LogP contribution in [0.1, 0.15) is 36.7 Å². The molecule has 4 nitrogen and oxygen atoms in total. The summed E-state index contributed by atoms with van der Waals surface area (Å²) in [6.45, 7) is 5.44. The van der Waals surface area contributed by atoms with E-state index in [2.05, 4.69) is 5.32 Å². The number of carbonyl (C=O) groups is 2. The fourth-order valence-corrected chi connectivity index (χ4v) is 1.22. The fraction of sp³-hybridized carbons (Fsp3) is 0.357. The minimum atomic E-state index is -0.460. The molecule has 1 N–H and O–H groups in total. The van der Waals surface area contributed by atoms with Crippen LogP contribution in [0.2, 0.25) is 0 Å². The third kappa shape index (κ3) is 3.70. The standard InChI is InChI=1S/C14H16N2O2/c1-14(2,3)12(17)9-16-13(18)11-6-4-10(8-15)5-7-11/h4-7H,9H2,1-3H3,(H,16,18). The number of rotatable bonds is 3. The molecule has 0 aliphatic heterocycles. The SMILES string of the molecule is CC(C)(C)C(=O)CNC(=O)c1ccc(C#N)cc1. The predicted molar refractivity (Wildman–Crippen MR) is 68.0 cm³/mol. The van der Waals surface area contributed by atoms with E-state index in [-0.39, 0.29) is 18.2 Å². The highest BCUT2D eigenvalue weighted by molar-refractivity contribution is 5.97. The number of nitrogens with zero attached hydrogens (tertiary/aromatic N) is 1. The van der Waals surface area contributed by atoms with Gasteiger partial charge in [0.15, 0.2) is 5.78 Å².